The van der Waals surface area contributed by atoms with Gasteiger partial charge < -0.3 is 0 Å². The molecule has 168 valence electrons. The van der Waals surface area contributed by atoms with Gasteiger partial charge in [0, 0.05) is 25.7 Å². The largest absolute Gasteiger partial charge is 0.273 e. The van der Waals surface area contributed by atoms with Crippen molar-refractivity contribution < 1.29 is 19.2 Å². The summed E-state index contributed by atoms with van der Waals surface area (Å²) in [6, 6.07) is 0. The molecule has 0 radical (unpaired) electrons. The Morgan fingerprint density at radius 2 is 0.655 bits per heavy atom. The lowest BCUT2D eigenvalue weighted by molar-refractivity contribution is -0.129. The van der Waals surface area contributed by atoms with Crippen LogP contribution in [0.1, 0.15) is 110 Å². The molecule has 0 spiro atoms. The first kappa shape index (κ1) is 26.9. The first-order valence-electron chi connectivity index (χ1n) is 11.1. The smallest absolute Gasteiger partial charge is 0.238 e. The standard InChI is InChI=1S/C21H40N4O4/c1-3-5-10-14-18(26)22-24-20(28)16-12-8-7-9-13-17-21(29)25-23-19(27)15-11-6-4-2/h3-17H2,1-2H3,(H,22,26)(H,23,27)(H,24,28)(H,25,29). The average molecular weight is 413 g/mol. The van der Waals surface area contributed by atoms with Gasteiger partial charge in [-0.3, -0.25) is 40.9 Å². The fourth-order valence-electron chi connectivity index (χ4n) is 2.70. The maximum absolute atomic E-state index is 11.7. The van der Waals surface area contributed by atoms with E-state index in [1.165, 1.54) is 0 Å². The van der Waals surface area contributed by atoms with Crippen LogP contribution in [0.3, 0.4) is 0 Å². The molecule has 0 saturated carbocycles. The Bertz CT molecular complexity index is 441. The number of carbonyl (C=O) groups is 4. The van der Waals surface area contributed by atoms with E-state index in [1.54, 1.807) is 0 Å². The van der Waals surface area contributed by atoms with Crippen molar-refractivity contribution in [2.45, 2.75) is 110 Å². The van der Waals surface area contributed by atoms with Gasteiger partial charge in [-0.15, -0.1) is 0 Å². The van der Waals surface area contributed by atoms with E-state index in [0.717, 1.165) is 70.6 Å². The Labute approximate surface area is 175 Å². The van der Waals surface area contributed by atoms with Crippen molar-refractivity contribution in [2.75, 3.05) is 0 Å². The van der Waals surface area contributed by atoms with Crippen LogP contribution in [0.25, 0.3) is 0 Å². The summed E-state index contributed by atoms with van der Waals surface area (Å²) in [4.78, 5) is 46.3. The lowest BCUT2D eigenvalue weighted by Gasteiger charge is -2.08. The number of amides is 4. The van der Waals surface area contributed by atoms with E-state index >= 15 is 0 Å². The summed E-state index contributed by atoms with van der Waals surface area (Å²) in [7, 11) is 0. The van der Waals surface area contributed by atoms with Gasteiger partial charge in [0.1, 0.15) is 0 Å². The van der Waals surface area contributed by atoms with Gasteiger partial charge in [0.15, 0.2) is 0 Å². The summed E-state index contributed by atoms with van der Waals surface area (Å²) in [5, 5.41) is 0. The van der Waals surface area contributed by atoms with E-state index in [-0.39, 0.29) is 23.6 Å². The van der Waals surface area contributed by atoms with Crippen LogP contribution in [0.5, 0.6) is 0 Å². The highest BCUT2D eigenvalue weighted by Crippen LogP contribution is 2.07. The lowest BCUT2D eigenvalue weighted by atomic mass is 10.1. The van der Waals surface area contributed by atoms with E-state index in [4.69, 9.17) is 0 Å². The SMILES string of the molecule is CCCCCC(=O)NNC(=O)CCCCCCCC(=O)NNC(=O)CCCCC. The monoisotopic (exact) mass is 412 g/mol. The second-order valence-corrected chi connectivity index (χ2v) is 7.37. The summed E-state index contributed by atoms with van der Waals surface area (Å²) in [6.45, 7) is 4.15. The Kier molecular flexibility index (Phi) is 17.8. The maximum Gasteiger partial charge on any atom is 0.238 e. The molecule has 4 N–H and O–H groups in total. The minimum absolute atomic E-state index is 0.151. The third kappa shape index (κ3) is 19.0. The quantitative estimate of drug-likeness (QED) is 0.230. The topological polar surface area (TPSA) is 116 Å². The first-order chi connectivity index (χ1) is 14.0. The Hall–Kier alpha value is -2.12. The van der Waals surface area contributed by atoms with Gasteiger partial charge in [-0.25, -0.2) is 0 Å². The summed E-state index contributed by atoms with van der Waals surface area (Å²) in [5.74, 6) is -0.657. The highest BCUT2D eigenvalue weighted by Gasteiger charge is 2.06. The minimum atomic E-state index is -0.178. The molecule has 0 aliphatic rings. The van der Waals surface area contributed by atoms with Gasteiger partial charge in [0.2, 0.25) is 23.6 Å². The zero-order valence-corrected chi connectivity index (χ0v) is 18.2. The van der Waals surface area contributed by atoms with Gasteiger partial charge in [-0.1, -0.05) is 58.8 Å². The molecule has 0 saturated heterocycles. The number of unbranched alkanes of at least 4 members (excludes halogenated alkanes) is 8. The average Bonchev–Trinajstić information content (AvgIpc) is 2.70. The van der Waals surface area contributed by atoms with Crippen LogP contribution >= 0.6 is 0 Å². The molecule has 29 heavy (non-hydrogen) atoms. The Balaban J connectivity index is 3.49. The third-order valence-corrected chi connectivity index (χ3v) is 4.51. The van der Waals surface area contributed by atoms with Crippen molar-refractivity contribution in [1.82, 2.24) is 21.7 Å². The molecule has 4 amide bonds. The van der Waals surface area contributed by atoms with Crippen molar-refractivity contribution in [3.8, 4) is 0 Å². The molecule has 8 nitrogen and oxygen atoms in total. The molecule has 0 fully saturated rings. The van der Waals surface area contributed by atoms with Gasteiger partial charge >= 0.3 is 0 Å². The van der Waals surface area contributed by atoms with E-state index < -0.39 is 0 Å². The van der Waals surface area contributed by atoms with Crippen LogP contribution in [0.4, 0.5) is 0 Å². The number of hydrogen-bond donors (Lipinski definition) is 4. The lowest BCUT2D eigenvalue weighted by Crippen LogP contribution is -2.41. The molecule has 0 aromatic rings. The van der Waals surface area contributed by atoms with Crippen LogP contribution < -0.4 is 21.7 Å². The van der Waals surface area contributed by atoms with Crippen LogP contribution in [0, 0.1) is 0 Å². The highest BCUT2D eigenvalue weighted by molar-refractivity contribution is 5.82. The van der Waals surface area contributed by atoms with Crippen molar-refractivity contribution >= 4 is 23.6 Å². The molecule has 0 atom stereocenters. The van der Waals surface area contributed by atoms with Crippen LogP contribution in [0.2, 0.25) is 0 Å². The summed E-state index contributed by atoms with van der Waals surface area (Å²) in [5.41, 5.74) is 9.75. The second kappa shape index (κ2) is 19.2. The first-order valence-corrected chi connectivity index (χ1v) is 11.1. The Morgan fingerprint density at radius 3 is 0.931 bits per heavy atom. The minimum Gasteiger partial charge on any atom is -0.273 e. The fraction of sp³-hybridized carbons (Fsp3) is 0.810. The molecule has 0 heterocycles. The molecule has 0 unspecified atom stereocenters. The zero-order valence-electron chi connectivity index (χ0n) is 18.2. The molecule has 0 bridgehead atoms. The maximum atomic E-state index is 11.7. The van der Waals surface area contributed by atoms with Crippen LogP contribution in [-0.2, 0) is 19.2 Å². The van der Waals surface area contributed by atoms with E-state index in [9.17, 15) is 19.2 Å². The zero-order chi connectivity index (χ0) is 21.7. The molecule has 0 aromatic carbocycles. The number of hydrogen-bond acceptors (Lipinski definition) is 4. The molecule has 0 rings (SSSR count). The van der Waals surface area contributed by atoms with Gasteiger partial charge in [0.05, 0.1) is 0 Å². The number of rotatable bonds is 16. The van der Waals surface area contributed by atoms with E-state index in [0.29, 0.717) is 25.7 Å². The second-order valence-electron chi connectivity index (χ2n) is 7.37. The molecular formula is C21H40N4O4. The van der Waals surface area contributed by atoms with E-state index in [2.05, 4.69) is 35.6 Å². The van der Waals surface area contributed by atoms with Gasteiger partial charge in [-0.05, 0) is 25.7 Å². The number of hydrazine groups is 2. The normalized spacial score (nSPS) is 10.3. The number of nitrogens with one attached hydrogen (secondary N) is 4. The molecular weight excluding hydrogens is 372 g/mol. The van der Waals surface area contributed by atoms with Gasteiger partial charge in [0.25, 0.3) is 0 Å². The molecule has 8 heteroatoms. The van der Waals surface area contributed by atoms with Crippen LogP contribution in [0.15, 0.2) is 0 Å². The van der Waals surface area contributed by atoms with Crippen LogP contribution in [-0.4, -0.2) is 23.6 Å². The molecule has 0 aromatic heterocycles. The Morgan fingerprint density at radius 1 is 0.414 bits per heavy atom. The van der Waals surface area contributed by atoms with Crippen molar-refractivity contribution in [3.05, 3.63) is 0 Å². The van der Waals surface area contributed by atoms with Crippen molar-refractivity contribution in [3.63, 3.8) is 0 Å². The van der Waals surface area contributed by atoms with E-state index in [1.807, 2.05) is 0 Å². The third-order valence-electron chi connectivity index (χ3n) is 4.51. The predicted molar refractivity (Wildman–Crippen MR) is 113 cm³/mol. The fourth-order valence-corrected chi connectivity index (χ4v) is 2.70. The summed E-state index contributed by atoms with van der Waals surface area (Å²) >= 11 is 0. The molecule has 0 aliphatic heterocycles. The summed E-state index contributed by atoms with van der Waals surface area (Å²) < 4.78 is 0. The summed E-state index contributed by atoms with van der Waals surface area (Å²) in [6.07, 6.45) is 11.6. The van der Waals surface area contributed by atoms with Crippen molar-refractivity contribution in [1.29, 1.82) is 0 Å². The molecule has 0 aliphatic carbocycles. The van der Waals surface area contributed by atoms with Crippen molar-refractivity contribution in [2.24, 2.45) is 0 Å². The predicted octanol–water partition coefficient (Wildman–Crippen LogP) is 3.17. The highest BCUT2D eigenvalue weighted by atomic mass is 16.2. The van der Waals surface area contributed by atoms with Gasteiger partial charge in [-0.2, -0.15) is 0 Å². The number of carbonyl (C=O) groups excluding carboxylic acids is 4.